The Bertz CT molecular complexity index is 479. The number of aryl methyl sites for hydroxylation is 1. The van der Waals surface area contributed by atoms with Crippen molar-refractivity contribution in [2.75, 3.05) is 0 Å². The first kappa shape index (κ1) is 10.2. The van der Waals surface area contributed by atoms with E-state index in [2.05, 4.69) is 4.98 Å². The van der Waals surface area contributed by atoms with Crippen LogP contribution in [0.4, 0.5) is 0 Å². The summed E-state index contributed by atoms with van der Waals surface area (Å²) in [6, 6.07) is 5.63. The lowest BCUT2D eigenvalue weighted by atomic mass is 10.1. The van der Waals surface area contributed by atoms with Gasteiger partial charge in [-0.25, -0.2) is 4.98 Å². The van der Waals surface area contributed by atoms with E-state index in [1.807, 2.05) is 25.1 Å². The molecule has 0 bridgehead atoms. The molecular weight excluding hydrogens is 212 g/mol. The van der Waals surface area contributed by atoms with Gasteiger partial charge in [0.2, 0.25) is 0 Å². The van der Waals surface area contributed by atoms with E-state index in [0.717, 1.165) is 22.6 Å². The fourth-order valence-corrected chi connectivity index (χ4v) is 1.74. The van der Waals surface area contributed by atoms with E-state index in [-0.39, 0.29) is 0 Å². The van der Waals surface area contributed by atoms with Gasteiger partial charge >= 0.3 is 0 Å². The minimum Gasteiger partial charge on any atom is -0.443 e. The lowest BCUT2D eigenvalue weighted by molar-refractivity contribution is 0.570. The number of halogens is 1. The summed E-state index contributed by atoms with van der Waals surface area (Å²) in [6.07, 6.45) is 1.41. The van der Waals surface area contributed by atoms with Gasteiger partial charge in [0, 0.05) is 17.1 Å². The van der Waals surface area contributed by atoms with Crippen LogP contribution in [0.2, 0.25) is 5.02 Å². The van der Waals surface area contributed by atoms with E-state index in [9.17, 15) is 0 Å². The van der Waals surface area contributed by atoms with E-state index >= 15 is 0 Å². The number of rotatable bonds is 2. The molecular formula is C11H11ClN2O. The monoisotopic (exact) mass is 222 g/mol. The molecule has 15 heavy (non-hydrogen) atoms. The van der Waals surface area contributed by atoms with Crippen LogP contribution in [-0.2, 0) is 6.54 Å². The third kappa shape index (κ3) is 1.89. The van der Waals surface area contributed by atoms with E-state index in [4.69, 9.17) is 21.8 Å². The first-order valence-electron chi connectivity index (χ1n) is 4.61. The van der Waals surface area contributed by atoms with Crippen LogP contribution in [0.1, 0.15) is 11.3 Å². The molecule has 0 unspecified atom stereocenters. The predicted octanol–water partition coefficient (Wildman–Crippen LogP) is 2.76. The summed E-state index contributed by atoms with van der Waals surface area (Å²) in [6.45, 7) is 2.35. The Morgan fingerprint density at radius 3 is 2.93 bits per heavy atom. The highest BCUT2D eigenvalue weighted by Crippen LogP contribution is 2.28. The van der Waals surface area contributed by atoms with Gasteiger partial charge in [-0.15, -0.1) is 0 Å². The Morgan fingerprint density at radius 1 is 1.47 bits per heavy atom. The maximum atomic E-state index is 5.88. The van der Waals surface area contributed by atoms with Crippen molar-refractivity contribution in [3.05, 3.63) is 40.9 Å². The van der Waals surface area contributed by atoms with Crippen LogP contribution < -0.4 is 5.73 Å². The molecule has 0 saturated carbocycles. The summed E-state index contributed by atoms with van der Waals surface area (Å²) in [7, 11) is 0. The number of hydrogen-bond acceptors (Lipinski definition) is 3. The van der Waals surface area contributed by atoms with Crippen LogP contribution in [0, 0.1) is 6.92 Å². The smallest absolute Gasteiger partial charge is 0.181 e. The number of aromatic nitrogens is 1. The first-order chi connectivity index (χ1) is 7.22. The van der Waals surface area contributed by atoms with E-state index in [1.165, 1.54) is 6.39 Å². The Hall–Kier alpha value is -1.32. The fraction of sp³-hybridized carbons (Fsp3) is 0.182. The molecule has 1 heterocycles. The molecule has 0 fully saturated rings. The minimum atomic E-state index is 0.369. The highest BCUT2D eigenvalue weighted by atomic mass is 35.5. The van der Waals surface area contributed by atoms with Crippen molar-refractivity contribution in [2.45, 2.75) is 13.5 Å². The number of nitrogens with two attached hydrogens (primary N) is 1. The van der Waals surface area contributed by atoms with Crippen molar-refractivity contribution < 1.29 is 4.42 Å². The van der Waals surface area contributed by atoms with Crippen LogP contribution in [0.25, 0.3) is 11.3 Å². The molecule has 2 N–H and O–H groups in total. The van der Waals surface area contributed by atoms with Gasteiger partial charge in [0.1, 0.15) is 5.69 Å². The second kappa shape index (κ2) is 4.04. The first-order valence-corrected chi connectivity index (χ1v) is 4.99. The van der Waals surface area contributed by atoms with Gasteiger partial charge < -0.3 is 10.2 Å². The molecule has 0 aliphatic heterocycles. The molecule has 2 rings (SSSR count). The summed E-state index contributed by atoms with van der Waals surface area (Å²) in [5.74, 6) is 0.728. The molecule has 2 aromatic rings. The lowest BCUT2D eigenvalue weighted by Gasteiger charge is -2.04. The SMILES string of the molecule is Cc1cc(Cl)ccc1-c1ocnc1CN. The second-order valence-corrected chi connectivity index (χ2v) is 3.73. The van der Waals surface area contributed by atoms with Gasteiger partial charge in [-0.05, 0) is 30.7 Å². The normalized spacial score (nSPS) is 10.6. The summed E-state index contributed by atoms with van der Waals surface area (Å²) >= 11 is 5.88. The maximum Gasteiger partial charge on any atom is 0.181 e. The van der Waals surface area contributed by atoms with Crippen LogP contribution in [0.15, 0.2) is 29.0 Å². The van der Waals surface area contributed by atoms with E-state index in [1.54, 1.807) is 0 Å². The molecule has 1 aromatic heterocycles. The zero-order valence-corrected chi connectivity index (χ0v) is 9.08. The Morgan fingerprint density at radius 2 is 2.27 bits per heavy atom. The molecule has 78 valence electrons. The molecule has 4 heteroatoms. The van der Waals surface area contributed by atoms with Gasteiger partial charge in [0.05, 0.1) is 0 Å². The number of oxazole rings is 1. The molecule has 0 amide bonds. The van der Waals surface area contributed by atoms with Gasteiger partial charge in [-0.1, -0.05) is 11.6 Å². The lowest BCUT2D eigenvalue weighted by Crippen LogP contribution is -1.98. The molecule has 0 aliphatic rings. The van der Waals surface area contributed by atoms with Crippen molar-refractivity contribution in [1.82, 2.24) is 4.98 Å². The third-order valence-electron chi connectivity index (χ3n) is 2.27. The van der Waals surface area contributed by atoms with Crippen molar-refractivity contribution in [3.63, 3.8) is 0 Å². The summed E-state index contributed by atoms with van der Waals surface area (Å²) in [4.78, 5) is 4.05. The summed E-state index contributed by atoms with van der Waals surface area (Å²) < 4.78 is 5.33. The number of benzene rings is 1. The van der Waals surface area contributed by atoms with Crippen molar-refractivity contribution >= 4 is 11.6 Å². The second-order valence-electron chi connectivity index (χ2n) is 3.29. The van der Waals surface area contributed by atoms with Gasteiger partial charge in [-0.2, -0.15) is 0 Å². The Labute approximate surface area is 92.9 Å². The number of nitrogens with zero attached hydrogens (tertiary/aromatic N) is 1. The van der Waals surface area contributed by atoms with Crippen molar-refractivity contribution in [3.8, 4) is 11.3 Å². The average molecular weight is 223 g/mol. The predicted molar refractivity (Wildman–Crippen MR) is 59.6 cm³/mol. The molecule has 0 atom stereocenters. The molecule has 0 spiro atoms. The zero-order valence-electron chi connectivity index (χ0n) is 8.33. The zero-order chi connectivity index (χ0) is 10.8. The summed E-state index contributed by atoms with van der Waals surface area (Å²) in [5, 5.41) is 0.713. The largest absolute Gasteiger partial charge is 0.443 e. The van der Waals surface area contributed by atoms with Crippen LogP contribution >= 0.6 is 11.6 Å². The average Bonchev–Trinajstić information content (AvgIpc) is 2.65. The van der Waals surface area contributed by atoms with Crippen LogP contribution in [-0.4, -0.2) is 4.98 Å². The molecule has 0 saturated heterocycles. The standard InChI is InChI=1S/C11H11ClN2O/c1-7-4-8(12)2-3-9(7)11-10(5-13)14-6-15-11/h2-4,6H,5,13H2,1H3. The van der Waals surface area contributed by atoms with Gasteiger partial charge in [-0.3, -0.25) is 0 Å². The molecule has 3 nitrogen and oxygen atoms in total. The van der Waals surface area contributed by atoms with Crippen LogP contribution in [0.3, 0.4) is 0 Å². The minimum absolute atomic E-state index is 0.369. The van der Waals surface area contributed by atoms with Crippen molar-refractivity contribution in [2.24, 2.45) is 5.73 Å². The van der Waals surface area contributed by atoms with Crippen LogP contribution in [0.5, 0.6) is 0 Å². The summed E-state index contributed by atoms with van der Waals surface area (Å²) in [5.41, 5.74) is 8.36. The van der Waals surface area contributed by atoms with Crippen molar-refractivity contribution in [1.29, 1.82) is 0 Å². The quantitative estimate of drug-likeness (QED) is 0.850. The Balaban J connectivity index is 2.54. The highest BCUT2D eigenvalue weighted by Gasteiger charge is 2.11. The van der Waals surface area contributed by atoms with Gasteiger partial charge in [0.25, 0.3) is 0 Å². The van der Waals surface area contributed by atoms with E-state index in [0.29, 0.717) is 11.6 Å². The Kier molecular flexibility index (Phi) is 2.75. The van der Waals surface area contributed by atoms with Gasteiger partial charge in [0.15, 0.2) is 12.2 Å². The fourth-order valence-electron chi connectivity index (χ4n) is 1.52. The molecule has 0 aliphatic carbocycles. The maximum absolute atomic E-state index is 5.88. The highest BCUT2D eigenvalue weighted by molar-refractivity contribution is 6.30. The number of hydrogen-bond donors (Lipinski definition) is 1. The molecule has 1 aromatic carbocycles. The molecule has 0 radical (unpaired) electrons. The topological polar surface area (TPSA) is 52.0 Å². The third-order valence-corrected chi connectivity index (χ3v) is 2.50. The van der Waals surface area contributed by atoms with E-state index < -0.39 is 0 Å².